The fourth-order valence-electron chi connectivity index (χ4n) is 2.46. The van der Waals surface area contributed by atoms with Crippen LogP contribution in [-0.2, 0) is 6.73 Å². The van der Waals surface area contributed by atoms with Crippen LogP contribution >= 0.6 is 34.5 Å². The van der Waals surface area contributed by atoms with Crippen molar-refractivity contribution in [1.82, 2.24) is 15.0 Å². The van der Waals surface area contributed by atoms with Crippen molar-refractivity contribution in [2.45, 2.75) is 6.73 Å². The van der Waals surface area contributed by atoms with Crippen LogP contribution in [0.1, 0.15) is 10.4 Å². The summed E-state index contributed by atoms with van der Waals surface area (Å²) in [6.45, 7) is 7.39. The Labute approximate surface area is 164 Å². The molecule has 0 aliphatic carbocycles. The number of aliphatic hydroxyl groups excluding tert-OH is 1. The maximum absolute atomic E-state index is 9.79. The van der Waals surface area contributed by atoms with Crippen molar-refractivity contribution in [3.8, 4) is 27.8 Å². The molecule has 0 atom stereocenters. The molecule has 1 aromatic carbocycles. The van der Waals surface area contributed by atoms with Crippen molar-refractivity contribution in [2.24, 2.45) is 0 Å². The SMILES string of the molecule is C=CC(=C)c1sc(-c2cn(CO)nn2)c(-c2ccc(Cl)cc2Cl)c1C#N. The quantitative estimate of drug-likeness (QED) is 0.609. The van der Waals surface area contributed by atoms with Crippen molar-refractivity contribution >= 4 is 40.1 Å². The number of aliphatic hydroxyl groups is 1. The lowest BCUT2D eigenvalue weighted by molar-refractivity contribution is 0.192. The van der Waals surface area contributed by atoms with Crippen LogP contribution in [0.3, 0.4) is 0 Å². The zero-order chi connectivity index (χ0) is 18.8. The van der Waals surface area contributed by atoms with Crippen LogP contribution in [0, 0.1) is 11.3 Å². The first-order chi connectivity index (χ1) is 12.5. The van der Waals surface area contributed by atoms with Crippen LogP contribution in [0.5, 0.6) is 0 Å². The van der Waals surface area contributed by atoms with E-state index in [9.17, 15) is 10.4 Å². The lowest BCUT2D eigenvalue weighted by atomic mass is 9.98. The van der Waals surface area contributed by atoms with Crippen molar-refractivity contribution in [3.63, 3.8) is 0 Å². The summed E-state index contributed by atoms with van der Waals surface area (Å²) in [4.78, 5) is 1.38. The molecule has 0 fully saturated rings. The Morgan fingerprint density at radius 1 is 1.42 bits per heavy atom. The Kier molecular flexibility index (Phi) is 5.25. The largest absolute Gasteiger partial charge is 0.374 e. The zero-order valence-corrected chi connectivity index (χ0v) is 15.7. The van der Waals surface area contributed by atoms with E-state index in [1.807, 2.05) is 0 Å². The summed E-state index contributed by atoms with van der Waals surface area (Å²) in [5.41, 5.74) is 2.85. The van der Waals surface area contributed by atoms with Gasteiger partial charge in [-0.25, -0.2) is 4.68 Å². The first kappa shape index (κ1) is 18.4. The van der Waals surface area contributed by atoms with Gasteiger partial charge in [-0.3, -0.25) is 0 Å². The first-order valence-electron chi connectivity index (χ1n) is 7.35. The third-order valence-electron chi connectivity index (χ3n) is 3.67. The summed E-state index contributed by atoms with van der Waals surface area (Å²) in [5.74, 6) is 0. The van der Waals surface area contributed by atoms with Crippen LogP contribution in [0.4, 0.5) is 0 Å². The number of benzene rings is 1. The summed E-state index contributed by atoms with van der Waals surface area (Å²) >= 11 is 13.7. The Morgan fingerprint density at radius 3 is 2.77 bits per heavy atom. The van der Waals surface area contributed by atoms with Gasteiger partial charge in [0.1, 0.15) is 18.5 Å². The van der Waals surface area contributed by atoms with E-state index in [-0.39, 0.29) is 6.73 Å². The number of aromatic nitrogens is 3. The molecule has 0 saturated heterocycles. The number of nitriles is 1. The van der Waals surface area contributed by atoms with E-state index in [2.05, 4.69) is 29.5 Å². The second kappa shape index (κ2) is 7.44. The molecule has 0 bridgehead atoms. The van der Waals surface area contributed by atoms with Crippen LogP contribution in [0.25, 0.3) is 27.3 Å². The van der Waals surface area contributed by atoms with Gasteiger partial charge in [0, 0.05) is 21.2 Å². The molecule has 0 unspecified atom stereocenters. The molecule has 0 radical (unpaired) electrons. The minimum atomic E-state index is -0.299. The van der Waals surface area contributed by atoms with E-state index >= 15 is 0 Å². The normalized spacial score (nSPS) is 10.5. The zero-order valence-electron chi connectivity index (χ0n) is 13.4. The van der Waals surface area contributed by atoms with E-state index in [0.29, 0.717) is 47.8 Å². The molecular weight excluding hydrogens is 391 g/mol. The van der Waals surface area contributed by atoms with Crippen LogP contribution < -0.4 is 0 Å². The average Bonchev–Trinajstić information content (AvgIpc) is 3.25. The van der Waals surface area contributed by atoms with E-state index in [1.54, 1.807) is 30.5 Å². The van der Waals surface area contributed by atoms with Crippen molar-refractivity contribution in [1.29, 1.82) is 5.26 Å². The molecule has 1 N–H and O–H groups in total. The molecule has 0 aliphatic rings. The number of allylic oxidation sites excluding steroid dienone is 2. The Morgan fingerprint density at radius 2 is 2.19 bits per heavy atom. The molecule has 3 rings (SSSR count). The lowest BCUT2D eigenvalue weighted by Gasteiger charge is -2.06. The third-order valence-corrected chi connectivity index (χ3v) is 5.51. The molecule has 0 amide bonds. The fourth-order valence-corrected chi connectivity index (χ4v) is 4.14. The van der Waals surface area contributed by atoms with E-state index in [1.165, 1.54) is 16.0 Å². The molecule has 130 valence electrons. The number of halogens is 2. The van der Waals surface area contributed by atoms with E-state index in [0.717, 1.165) is 0 Å². The van der Waals surface area contributed by atoms with E-state index in [4.69, 9.17) is 23.2 Å². The van der Waals surface area contributed by atoms with E-state index < -0.39 is 0 Å². The minimum Gasteiger partial charge on any atom is -0.374 e. The predicted molar refractivity (Wildman–Crippen MR) is 105 cm³/mol. The molecule has 2 aromatic heterocycles. The van der Waals surface area contributed by atoms with Crippen LogP contribution in [0.15, 0.2) is 43.6 Å². The highest BCUT2D eigenvalue weighted by atomic mass is 35.5. The van der Waals surface area contributed by atoms with Gasteiger partial charge < -0.3 is 5.11 Å². The fraction of sp³-hybridized carbons (Fsp3) is 0.0556. The summed E-state index contributed by atoms with van der Waals surface area (Å²) in [6.07, 6.45) is 3.19. The van der Waals surface area contributed by atoms with Gasteiger partial charge in [0.15, 0.2) is 0 Å². The van der Waals surface area contributed by atoms with Crippen LogP contribution in [0.2, 0.25) is 10.0 Å². The second-order valence-electron chi connectivity index (χ2n) is 5.26. The van der Waals surface area contributed by atoms with Crippen LogP contribution in [-0.4, -0.2) is 20.1 Å². The van der Waals surface area contributed by atoms with Gasteiger partial charge in [-0.1, -0.05) is 53.7 Å². The smallest absolute Gasteiger partial charge is 0.137 e. The molecule has 2 heterocycles. The molecule has 0 saturated carbocycles. The van der Waals surface area contributed by atoms with Gasteiger partial charge in [0.2, 0.25) is 0 Å². The average molecular weight is 403 g/mol. The molecule has 26 heavy (non-hydrogen) atoms. The summed E-state index contributed by atoms with van der Waals surface area (Å²) < 4.78 is 1.29. The molecule has 5 nitrogen and oxygen atoms in total. The van der Waals surface area contributed by atoms with Gasteiger partial charge >= 0.3 is 0 Å². The van der Waals surface area contributed by atoms with Gasteiger partial charge in [0.25, 0.3) is 0 Å². The maximum Gasteiger partial charge on any atom is 0.137 e. The minimum absolute atomic E-state index is 0.299. The number of hydrogen-bond acceptors (Lipinski definition) is 5. The Bertz CT molecular complexity index is 1060. The van der Waals surface area contributed by atoms with Gasteiger partial charge in [0.05, 0.1) is 21.5 Å². The summed E-state index contributed by atoms with van der Waals surface area (Å²) in [7, 11) is 0. The molecule has 0 spiro atoms. The highest BCUT2D eigenvalue weighted by Gasteiger charge is 2.24. The summed E-state index contributed by atoms with van der Waals surface area (Å²) in [5, 5.41) is 27.9. The number of rotatable bonds is 5. The molecule has 3 aromatic rings. The topological polar surface area (TPSA) is 74.7 Å². The number of hydrogen-bond donors (Lipinski definition) is 1. The standard InChI is InChI=1S/C18H12Cl2N4OS/c1-3-10(2)17-13(7-21)16(12-5-4-11(19)6-14(12)20)18(26-17)15-8-24(9-25)23-22-15/h3-6,8,25H,1-2,9H2. The predicted octanol–water partition coefficient (Wildman–Crippen LogP) is 5.00. The Balaban J connectivity index is 2.35. The third kappa shape index (κ3) is 3.18. The highest BCUT2D eigenvalue weighted by Crippen LogP contribution is 2.46. The molecule has 8 heteroatoms. The van der Waals surface area contributed by atoms with Gasteiger partial charge in [-0.05, 0) is 17.7 Å². The maximum atomic E-state index is 9.79. The first-order valence-corrected chi connectivity index (χ1v) is 8.92. The highest BCUT2D eigenvalue weighted by molar-refractivity contribution is 7.17. The van der Waals surface area contributed by atoms with Crippen molar-refractivity contribution < 1.29 is 5.11 Å². The Hall–Kier alpha value is -2.43. The second-order valence-corrected chi connectivity index (χ2v) is 7.12. The van der Waals surface area contributed by atoms with Gasteiger partial charge in [-0.2, -0.15) is 5.26 Å². The number of thiophene rings is 1. The molecular formula is C18H12Cl2N4OS. The monoisotopic (exact) mass is 402 g/mol. The van der Waals surface area contributed by atoms with Crippen molar-refractivity contribution in [2.75, 3.05) is 0 Å². The number of nitrogens with zero attached hydrogens (tertiary/aromatic N) is 4. The van der Waals surface area contributed by atoms with Gasteiger partial charge in [-0.15, -0.1) is 16.4 Å². The van der Waals surface area contributed by atoms with Crippen molar-refractivity contribution in [3.05, 3.63) is 64.1 Å². The lowest BCUT2D eigenvalue weighted by Crippen LogP contribution is -1.95. The summed E-state index contributed by atoms with van der Waals surface area (Å²) in [6, 6.07) is 7.32. The molecule has 0 aliphatic heterocycles.